The fourth-order valence-electron chi connectivity index (χ4n) is 5.02. The molecule has 0 spiro atoms. The first-order valence-corrected chi connectivity index (χ1v) is 16.8. The average molecular weight is 688 g/mol. The molecular weight excluding hydrogens is 647 g/mol. The van der Waals surface area contributed by atoms with Gasteiger partial charge in [-0.2, -0.15) is 24.9 Å². The van der Waals surface area contributed by atoms with Crippen molar-refractivity contribution in [3.8, 4) is 0 Å². The molecule has 0 radical (unpaired) electrons. The Labute approximate surface area is 274 Å². The number of rotatable bonds is 15. The van der Waals surface area contributed by atoms with Crippen molar-refractivity contribution in [1.29, 1.82) is 0 Å². The van der Waals surface area contributed by atoms with Gasteiger partial charge < -0.3 is 19.7 Å². The topological polar surface area (TPSA) is 141 Å². The molecule has 1 N–H and O–H groups in total. The van der Waals surface area contributed by atoms with E-state index >= 15 is 0 Å². The summed E-state index contributed by atoms with van der Waals surface area (Å²) >= 11 is 2.93. The minimum Gasteiger partial charge on any atom is -0.469 e. The Hall–Kier alpha value is -3.27. The maximum Gasteiger partial charge on any atom is 0.419 e. The van der Waals surface area contributed by atoms with Gasteiger partial charge in [0.2, 0.25) is 5.91 Å². The number of methoxy groups -OCH3 is 1. The highest BCUT2D eigenvalue weighted by Crippen LogP contribution is 2.32. The van der Waals surface area contributed by atoms with Gasteiger partial charge >= 0.3 is 18.1 Å². The number of carbonyl (C=O) groups is 4. The minimum atomic E-state index is -4.60. The molecule has 0 saturated carbocycles. The molecule has 16 heteroatoms. The van der Waals surface area contributed by atoms with Crippen molar-refractivity contribution in [2.75, 3.05) is 25.7 Å². The number of esters is 2. The summed E-state index contributed by atoms with van der Waals surface area (Å²) in [5, 5.41) is 4.66. The lowest BCUT2D eigenvalue weighted by atomic mass is 9.95. The molecule has 3 rings (SSSR count). The third-order valence-corrected chi connectivity index (χ3v) is 10.0. The Kier molecular flexibility index (Phi) is 13.4. The summed E-state index contributed by atoms with van der Waals surface area (Å²) in [6.07, 6.45) is -3.34. The van der Waals surface area contributed by atoms with Crippen LogP contribution in [-0.4, -0.2) is 81.4 Å². The van der Waals surface area contributed by atoms with Crippen molar-refractivity contribution in [3.63, 3.8) is 0 Å². The lowest BCUT2D eigenvalue weighted by Crippen LogP contribution is -2.43. The number of hydrogen-bond acceptors (Lipinski definition) is 11. The van der Waals surface area contributed by atoms with Gasteiger partial charge in [0.15, 0.2) is 6.10 Å². The normalized spacial score (nSPS) is 16.1. The van der Waals surface area contributed by atoms with Gasteiger partial charge in [-0.1, -0.05) is 20.8 Å². The number of thioether (sulfide) groups is 1. The van der Waals surface area contributed by atoms with Crippen LogP contribution in [0.5, 0.6) is 0 Å². The SMILES string of the molecule is COC(=O)C(C)C[C@H](Cc1ncc(C(F)(F)F)cn1)NC(=O)c1csc(C(CC(C(C)C)N(C)C(=O)CC2CSC2)OC(C)=O)n1. The number of aromatic nitrogens is 3. The standard InChI is InChI=1S/C30H40F3N5O6S2/c1-16(2)23(38(5)26(40)8-19-13-45-14-19)10-24(44-18(4)39)28-37-22(15-46-28)27(41)36-21(7-17(3)29(42)43-6)9-25-34-11-20(12-35-25)30(31,32)33/h11-12,15-17,19,21,23-24H,7-10,13-14H2,1-6H3,(H,36,41)/t17?,21-,23?,24?/m1/s1. The molecule has 2 aromatic rings. The molecule has 11 nitrogen and oxygen atoms in total. The quantitative estimate of drug-likeness (QED) is 0.262. The zero-order chi connectivity index (χ0) is 34.2. The second-order valence-corrected chi connectivity index (χ2v) is 13.7. The Morgan fingerprint density at radius 2 is 1.76 bits per heavy atom. The van der Waals surface area contributed by atoms with Gasteiger partial charge in [-0.25, -0.2) is 15.0 Å². The third kappa shape index (κ3) is 10.6. The zero-order valence-corrected chi connectivity index (χ0v) is 28.3. The van der Waals surface area contributed by atoms with Crippen molar-refractivity contribution in [2.24, 2.45) is 17.8 Å². The van der Waals surface area contributed by atoms with E-state index in [0.29, 0.717) is 29.7 Å². The van der Waals surface area contributed by atoms with Gasteiger partial charge in [-0.3, -0.25) is 19.2 Å². The molecule has 0 bridgehead atoms. The number of halogens is 3. The lowest BCUT2D eigenvalue weighted by Gasteiger charge is -2.35. The van der Waals surface area contributed by atoms with Gasteiger partial charge in [0.05, 0.1) is 18.6 Å². The molecule has 3 heterocycles. The van der Waals surface area contributed by atoms with E-state index in [0.717, 1.165) is 22.8 Å². The predicted molar refractivity (Wildman–Crippen MR) is 166 cm³/mol. The van der Waals surface area contributed by atoms with Crippen molar-refractivity contribution < 1.29 is 41.8 Å². The van der Waals surface area contributed by atoms with Crippen LogP contribution in [0.4, 0.5) is 13.2 Å². The van der Waals surface area contributed by atoms with Crippen LogP contribution in [0.3, 0.4) is 0 Å². The summed E-state index contributed by atoms with van der Waals surface area (Å²) < 4.78 is 49.3. The molecule has 2 amide bonds. The monoisotopic (exact) mass is 687 g/mol. The molecule has 0 aromatic carbocycles. The summed E-state index contributed by atoms with van der Waals surface area (Å²) in [5.74, 6) is 0.0666. The summed E-state index contributed by atoms with van der Waals surface area (Å²) in [5.41, 5.74) is -0.987. The highest BCUT2D eigenvalue weighted by Gasteiger charge is 2.34. The third-order valence-electron chi connectivity index (χ3n) is 7.66. The van der Waals surface area contributed by atoms with Crippen molar-refractivity contribution in [3.05, 3.63) is 39.9 Å². The molecule has 1 saturated heterocycles. The van der Waals surface area contributed by atoms with Crippen LogP contribution in [0.25, 0.3) is 0 Å². The average Bonchev–Trinajstić information content (AvgIpc) is 3.46. The first-order chi connectivity index (χ1) is 21.6. The summed E-state index contributed by atoms with van der Waals surface area (Å²) in [6.45, 7) is 6.84. The van der Waals surface area contributed by atoms with Crippen molar-refractivity contribution in [2.45, 2.75) is 77.7 Å². The van der Waals surface area contributed by atoms with Crippen LogP contribution in [0.15, 0.2) is 17.8 Å². The van der Waals surface area contributed by atoms with E-state index in [1.165, 1.54) is 19.4 Å². The van der Waals surface area contributed by atoms with Crippen LogP contribution >= 0.6 is 23.1 Å². The zero-order valence-electron chi connectivity index (χ0n) is 26.6. The molecule has 254 valence electrons. The first-order valence-electron chi connectivity index (χ1n) is 14.8. The van der Waals surface area contributed by atoms with Gasteiger partial charge in [0, 0.05) is 63.1 Å². The van der Waals surface area contributed by atoms with Crippen molar-refractivity contribution >= 4 is 46.9 Å². The molecule has 1 aliphatic rings. The molecular formula is C30H40F3N5O6S2. The van der Waals surface area contributed by atoms with Gasteiger partial charge in [-0.05, 0) is 29.8 Å². The number of thiazole rings is 1. The first kappa shape index (κ1) is 37.2. The van der Waals surface area contributed by atoms with E-state index in [1.54, 1.807) is 18.9 Å². The maximum absolute atomic E-state index is 13.3. The number of nitrogens with one attached hydrogen (secondary N) is 1. The maximum atomic E-state index is 13.3. The van der Waals surface area contributed by atoms with E-state index in [-0.39, 0.29) is 48.6 Å². The van der Waals surface area contributed by atoms with Gasteiger partial charge in [0.1, 0.15) is 16.5 Å². The molecule has 0 aliphatic carbocycles. The molecule has 1 fully saturated rings. The largest absolute Gasteiger partial charge is 0.469 e. The number of ether oxygens (including phenoxy) is 2. The van der Waals surface area contributed by atoms with E-state index < -0.39 is 47.6 Å². The van der Waals surface area contributed by atoms with E-state index in [9.17, 15) is 32.3 Å². The summed E-state index contributed by atoms with van der Waals surface area (Å²) in [4.78, 5) is 64.3. The van der Waals surface area contributed by atoms with Crippen LogP contribution < -0.4 is 5.32 Å². The van der Waals surface area contributed by atoms with E-state index in [1.807, 2.05) is 25.6 Å². The van der Waals surface area contributed by atoms with Crippen LogP contribution in [0, 0.1) is 17.8 Å². The molecule has 1 aliphatic heterocycles. The Morgan fingerprint density at radius 1 is 1.11 bits per heavy atom. The fourth-order valence-corrected chi connectivity index (χ4v) is 6.66. The smallest absolute Gasteiger partial charge is 0.419 e. The predicted octanol–water partition coefficient (Wildman–Crippen LogP) is 4.72. The second kappa shape index (κ2) is 16.5. The number of hydrogen-bond donors (Lipinski definition) is 1. The molecule has 2 aromatic heterocycles. The Bertz CT molecular complexity index is 1350. The molecule has 46 heavy (non-hydrogen) atoms. The molecule has 4 atom stereocenters. The van der Waals surface area contributed by atoms with Gasteiger partial charge in [-0.15, -0.1) is 11.3 Å². The fraction of sp³-hybridized carbons (Fsp3) is 0.633. The highest BCUT2D eigenvalue weighted by molar-refractivity contribution is 8.00. The number of nitrogens with zero attached hydrogens (tertiary/aromatic N) is 4. The Balaban J connectivity index is 1.78. The number of amides is 2. The Morgan fingerprint density at radius 3 is 2.28 bits per heavy atom. The van der Waals surface area contributed by atoms with Crippen LogP contribution in [0.1, 0.15) is 79.9 Å². The minimum absolute atomic E-state index is 0.0223. The van der Waals surface area contributed by atoms with Crippen LogP contribution in [0.2, 0.25) is 0 Å². The lowest BCUT2D eigenvalue weighted by molar-refractivity contribution is -0.148. The number of carbonyl (C=O) groups excluding carboxylic acids is 4. The van der Waals surface area contributed by atoms with Gasteiger partial charge in [0.25, 0.3) is 5.91 Å². The number of alkyl halides is 3. The highest BCUT2D eigenvalue weighted by atomic mass is 32.2. The van der Waals surface area contributed by atoms with Crippen LogP contribution in [-0.2, 0) is 36.5 Å². The van der Waals surface area contributed by atoms with E-state index in [4.69, 9.17) is 9.47 Å². The molecule has 3 unspecified atom stereocenters. The van der Waals surface area contributed by atoms with Crippen molar-refractivity contribution in [1.82, 2.24) is 25.2 Å². The summed E-state index contributed by atoms with van der Waals surface area (Å²) in [7, 11) is 2.98. The summed E-state index contributed by atoms with van der Waals surface area (Å²) in [6, 6.07) is -1.02. The second-order valence-electron chi connectivity index (χ2n) is 11.7. The van der Waals surface area contributed by atoms with E-state index in [2.05, 4.69) is 20.3 Å².